The Morgan fingerprint density at radius 1 is 1.03 bits per heavy atom. The van der Waals surface area contributed by atoms with E-state index in [2.05, 4.69) is 45.1 Å². The van der Waals surface area contributed by atoms with Crippen molar-refractivity contribution in [2.45, 2.75) is 104 Å². The zero-order valence-corrected chi connectivity index (χ0v) is 19.8. The summed E-state index contributed by atoms with van der Waals surface area (Å²) in [7, 11) is 0. The molecule has 0 radical (unpaired) electrons. The summed E-state index contributed by atoms with van der Waals surface area (Å²) in [5, 5.41) is 30.2. The SMILES string of the molecule is C[C@H](C=C[C@H](C)C(C)(C)O)C1CCC2C(=CC=C3C[C@@H](O)C[C@H](O)C3)CCC[C@@]21C. The van der Waals surface area contributed by atoms with Crippen LogP contribution in [0.15, 0.2) is 35.5 Å². The van der Waals surface area contributed by atoms with E-state index in [1.807, 2.05) is 13.8 Å². The lowest BCUT2D eigenvalue weighted by Gasteiger charge is -2.44. The molecule has 0 bridgehead atoms. The molecule has 0 aromatic carbocycles. The van der Waals surface area contributed by atoms with Crippen molar-refractivity contribution in [1.82, 2.24) is 0 Å². The summed E-state index contributed by atoms with van der Waals surface area (Å²) < 4.78 is 0. The van der Waals surface area contributed by atoms with Gasteiger partial charge in [0.25, 0.3) is 0 Å². The molecule has 3 heteroatoms. The first-order valence-electron chi connectivity index (χ1n) is 12.2. The van der Waals surface area contributed by atoms with Gasteiger partial charge in [-0.3, -0.25) is 0 Å². The average molecular weight is 417 g/mol. The molecule has 3 fully saturated rings. The van der Waals surface area contributed by atoms with Gasteiger partial charge in [-0.15, -0.1) is 0 Å². The van der Waals surface area contributed by atoms with Crippen LogP contribution in [0.1, 0.15) is 86.0 Å². The van der Waals surface area contributed by atoms with Crippen LogP contribution in [0.4, 0.5) is 0 Å². The number of hydrogen-bond acceptors (Lipinski definition) is 3. The standard InChI is InChI=1S/C27H44O3/c1-18(8-9-19(2)26(3,4)30)24-12-13-25-21(7-6-14-27(24,25)5)11-10-20-15-22(28)17-23(29)16-20/h8-11,18-19,22-25,28-30H,6-7,12-17H2,1-5H3/t18-,19+,22-,23-,24?,25?,27-/m1/s1. The molecular formula is C27H44O3. The Balaban J connectivity index is 1.73. The number of aliphatic hydroxyl groups excluding tert-OH is 2. The lowest BCUT2D eigenvalue weighted by molar-refractivity contribution is 0.0436. The van der Waals surface area contributed by atoms with Crippen molar-refractivity contribution in [3.63, 3.8) is 0 Å². The van der Waals surface area contributed by atoms with Crippen molar-refractivity contribution >= 4 is 0 Å². The summed E-state index contributed by atoms with van der Waals surface area (Å²) in [5.74, 6) is 2.00. The quantitative estimate of drug-likeness (QED) is 0.514. The molecule has 0 aromatic heterocycles. The minimum absolute atomic E-state index is 0.152. The molecule has 0 amide bonds. The van der Waals surface area contributed by atoms with E-state index < -0.39 is 17.8 Å². The van der Waals surface area contributed by atoms with Gasteiger partial charge < -0.3 is 15.3 Å². The number of fused-ring (bicyclic) bond motifs is 1. The highest BCUT2D eigenvalue weighted by atomic mass is 16.3. The van der Waals surface area contributed by atoms with E-state index in [0.29, 0.717) is 42.4 Å². The highest BCUT2D eigenvalue weighted by Gasteiger charge is 2.50. The van der Waals surface area contributed by atoms with Crippen molar-refractivity contribution in [2.24, 2.45) is 29.1 Å². The summed E-state index contributed by atoms with van der Waals surface area (Å²) in [6, 6.07) is 0. The largest absolute Gasteiger partial charge is 0.393 e. The number of allylic oxidation sites excluding steroid dienone is 4. The van der Waals surface area contributed by atoms with Gasteiger partial charge in [0, 0.05) is 5.92 Å². The average Bonchev–Trinajstić information content (AvgIpc) is 3.00. The van der Waals surface area contributed by atoms with Crippen molar-refractivity contribution < 1.29 is 15.3 Å². The van der Waals surface area contributed by atoms with E-state index in [4.69, 9.17) is 0 Å². The summed E-state index contributed by atoms with van der Waals surface area (Å²) in [4.78, 5) is 0. The summed E-state index contributed by atoms with van der Waals surface area (Å²) in [5.41, 5.74) is 2.43. The molecule has 3 aliphatic carbocycles. The zero-order chi connectivity index (χ0) is 22.1. The minimum atomic E-state index is -0.674. The second kappa shape index (κ2) is 9.30. The molecule has 30 heavy (non-hydrogen) atoms. The zero-order valence-electron chi connectivity index (χ0n) is 19.8. The van der Waals surface area contributed by atoms with Crippen LogP contribution in [0.3, 0.4) is 0 Å². The van der Waals surface area contributed by atoms with Crippen LogP contribution in [0, 0.1) is 29.1 Å². The van der Waals surface area contributed by atoms with Gasteiger partial charge >= 0.3 is 0 Å². The Morgan fingerprint density at radius 3 is 2.33 bits per heavy atom. The van der Waals surface area contributed by atoms with Crippen LogP contribution in [0.5, 0.6) is 0 Å². The first-order valence-corrected chi connectivity index (χ1v) is 12.2. The van der Waals surface area contributed by atoms with E-state index in [9.17, 15) is 15.3 Å². The van der Waals surface area contributed by atoms with Crippen molar-refractivity contribution in [2.75, 3.05) is 0 Å². The fourth-order valence-corrected chi connectivity index (χ4v) is 6.39. The Hall–Kier alpha value is -0.900. The number of rotatable bonds is 5. The predicted octanol–water partition coefficient (Wildman–Crippen LogP) is 5.56. The summed E-state index contributed by atoms with van der Waals surface area (Å²) >= 11 is 0. The van der Waals surface area contributed by atoms with Gasteiger partial charge in [-0.05, 0) is 88.4 Å². The Kier molecular flexibility index (Phi) is 7.37. The van der Waals surface area contributed by atoms with Crippen LogP contribution in [0.2, 0.25) is 0 Å². The van der Waals surface area contributed by atoms with Crippen molar-refractivity contribution in [3.05, 3.63) is 35.5 Å². The molecule has 3 nitrogen and oxygen atoms in total. The van der Waals surface area contributed by atoms with E-state index in [0.717, 1.165) is 0 Å². The molecule has 3 rings (SSSR count). The monoisotopic (exact) mass is 416 g/mol. The van der Waals surface area contributed by atoms with Gasteiger partial charge in [0.2, 0.25) is 0 Å². The van der Waals surface area contributed by atoms with Crippen LogP contribution in [-0.2, 0) is 0 Å². The predicted molar refractivity (Wildman–Crippen MR) is 124 cm³/mol. The third kappa shape index (κ3) is 5.29. The van der Waals surface area contributed by atoms with Gasteiger partial charge in [0.15, 0.2) is 0 Å². The van der Waals surface area contributed by atoms with Gasteiger partial charge in [0.1, 0.15) is 0 Å². The molecule has 170 valence electrons. The third-order valence-electron chi connectivity index (χ3n) is 8.56. The molecule has 3 N–H and O–H groups in total. The molecule has 2 unspecified atom stereocenters. The van der Waals surface area contributed by atoms with Crippen LogP contribution < -0.4 is 0 Å². The first kappa shape index (κ1) is 23.8. The lowest BCUT2D eigenvalue weighted by Crippen LogP contribution is -2.35. The van der Waals surface area contributed by atoms with E-state index in [1.165, 1.54) is 37.7 Å². The first-order chi connectivity index (χ1) is 14.0. The molecule has 3 saturated carbocycles. The third-order valence-corrected chi connectivity index (χ3v) is 8.56. The molecule has 3 aliphatic rings. The van der Waals surface area contributed by atoms with E-state index >= 15 is 0 Å². The molecule has 0 saturated heterocycles. The second-order valence-corrected chi connectivity index (χ2v) is 11.3. The minimum Gasteiger partial charge on any atom is -0.393 e. The Labute approximate surface area is 184 Å². The summed E-state index contributed by atoms with van der Waals surface area (Å²) in [6.07, 6.45) is 16.5. The normalized spacial score (nSPS) is 38.7. The van der Waals surface area contributed by atoms with Gasteiger partial charge in [-0.2, -0.15) is 0 Å². The van der Waals surface area contributed by atoms with Crippen molar-refractivity contribution in [3.8, 4) is 0 Å². The molecule has 0 spiro atoms. The highest BCUT2D eigenvalue weighted by Crippen LogP contribution is 2.59. The fraction of sp³-hybridized carbons (Fsp3) is 0.778. The molecule has 7 atom stereocenters. The number of aliphatic hydroxyl groups is 3. The molecule has 0 aliphatic heterocycles. The molecule has 0 aromatic rings. The molecular weight excluding hydrogens is 372 g/mol. The van der Waals surface area contributed by atoms with Crippen LogP contribution >= 0.6 is 0 Å². The maximum atomic E-state index is 10.2. The van der Waals surface area contributed by atoms with Crippen LogP contribution in [-0.4, -0.2) is 33.1 Å². The smallest absolute Gasteiger partial charge is 0.0651 e. The lowest BCUT2D eigenvalue weighted by atomic mass is 9.61. The van der Waals surface area contributed by atoms with E-state index in [1.54, 1.807) is 5.57 Å². The van der Waals surface area contributed by atoms with Crippen LogP contribution in [0.25, 0.3) is 0 Å². The topological polar surface area (TPSA) is 60.7 Å². The van der Waals surface area contributed by atoms with Gasteiger partial charge in [-0.1, -0.05) is 56.2 Å². The maximum Gasteiger partial charge on any atom is 0.0651 e. The fourth-order valence-electron chi connectivity index (χ4n) is 6.39. The van der Waals surface area contributed by atoms with Gasteiger partial charge in [-0.25, -0.2) is 0 Å². The second-order valence-electron chi connectivity index (χ2n) is 11.3. The maximum absolute atomic E-state index is 10.2. The van der Waals surface area contributed by atoms with Crippen molar-refractivity contribution in [1.29, 1.82) is 0 Å². The Morgan fingerprint density at radius 2 is 1.70 bits per heavy atom. The number of hydrogen-bond donors (Lipinski definition) is 3. The highest BCUT2D eigenvalue weighted by molar-refractivity contribution is 5.26. The van der Waals surface area contributed by atoms with E-state index in [-0.39, 0.29) is 5.92 Å². The summed E-state index contributed by atoms with van der Waals surface area (Å²) in [6.45, 7) is 10.7. The Bertz CT molecular complexity index is 671. The van der Waals surface area contributed by atoms with Gasteiger partial charge in [0.05, 0.1) is 17.8 Å². The molecule has 0 heterocycles.